The van der Waals surface area contributed by atoms with E-state index in [1.807, 2.05) is 0 Å². The first-order valence-electron chi connectivity index (χ1n) is 23.0. The number of esters is 2. The summed E-state index contributed by atoms with van der Waals surface area (Å²) in [7, 11) is -9.69. The molecular weight excluding hydrogens is 822 g/mol. The van der Waals surface area contributed by atoms with Crippen LogP contribution in [0, 0.1) is 0 Å². The molecule has 0 radical (unpaired) electrons. The summed E-state index contributed by atoms with van der Waals surface area (Å²) in [5.74, 6) is -1.07. The average molecular weight is 905 g/mol. The van der Waals surface area contributed by atoms with Crippen molar-refractivity contribution in [1.29, 1.82) is 0 Å². The molecule has 0 aromatic heterocycles. The van der Waals surface area contributed by atoms with Crippen LogP contribution in [0.1, 0.15) is 181 Å². The summed E-state index contributed by atoms with van der Waals surface area (Å²) in [6.07, 6.45) is 44.9. The molecular formula is C46H82O13P2. The number of hydrogen-bond acceptors (Lipinski definition) is 10. The van der Waals surface area contributed by atoms with Crippen LogP contribution >= 0.6 is 15.6 Å². The number of aliphatic hydroxyl groups excluding tert-OH is 1. The Bertz CT molecular complexity index is 1310. The molecule has 0 aliphatic rings. The highest BCUT2D eigenvalue weighted by molar-refractivity contribution is 7.47. The molecule has 0 aromatic rings. The van der Waals surface area contributed by atoms with E-state index in [0.29, 0.717) is 12.8 Å². The van der Waals surface area contributed by atoms with Crippen molar-refractivity contribution < 1.29 is 61.6 Å². The maximum Gasteiger partial charge on any atom is 0.472 e. The lowest BCUT2D eigenvalue weighted by Crippen LogP contribution is -2.30. The first-order valence-corrected chi connectivity index (χ1v) is 26.0. The van der Waals surface area contributed by atoms with Crippen molar-refractivity contribution in [1.82, 2.24) is 0 Å². The van der Waals surface area contributed by atoms with E-state index in [4.69, 9.17) is 23.8 Å². The zero-order chi connectivity index (χ0) is 45.1. The van der Waals surface area contributed by atoms with Crippen LogP contribution in [0.15, 0.2) is 60.8 Å². The van der Waals surface area contributed by atoms with Crippen molar-refractivity contribution in [3.63, 3.8) is 0 Å². The average Bonchev–Trinajstić information content (AvgIpc) is 3.22. The molecule has 0 bridgehead atoms. The third kappa shape index (κ3) is 45.7. The summed E-state index contributed by atoms with van der Waals surface area (Å²) in [6.45, 7) is 1.62. The minimum Gasteiger partial charge on any atom is -0.462 e. The van der Waals surface area contributed by atoms with Gasteiger partial charge in [0.1, 0.15) is 12.7 Å². The lowest BCUT2D eigenvalue weighted by Gasteiger charge is -2.20. The Labute approximate surface area is 368 Å². The van der Waals surface area contributed by atoms with Crippen LogP contribution < -0.4 is 0 Å². The Hall–Kier alpha value is -2.18. The second-order valence-electron chi connectivity index (χ2n) is 15.3. The maximum absolute atomic E-state index is 12.7. The van der Waals surface area contributed by atoms with Gasteiger partial charge in [-0.1, -0.05) is 171 Å². The number of carbonyl (C=O) groups is 2. The molecule has 3 atom stereocenters. The number of phosphoric acid groups is 2. The molecule has 0 heterocycles. The number of ether oxygens (including phenoxy) is 2. The van der Waals surface area contributed by atoms with Gasteiger partial charge in [0.2, 0.25) is 0 Å². The van der Waals surface area contributed by atoms with E-state index in [1.54, 1.807) is 0 Å². The van der Waals surface area contributed by atoms with Gasteiger partial charge < -0.3 is 29.3 Å². The summed E-state index contributed by atoms with van der Waals surface area (Å²) < 4.78 is 47.8. The quantitative estimate of drug-likeness (QED) is 0.0195. The van der Waals surface area contributed by atoms with Gasteiger partial charge in [0, 0.05) is 12.8 Å². The molecule has 354 valence electrons. The lowest BCUT2D eigenvalue weighted by atomic mass is 10.0. The first kappa shape index (κ1) is 58.8. The fraction of sp³-hybridized carbons (Fsp3) is 0.739. The van der Waals surface area contributed by atoms with Gasteiger partial charge in [-0.05, 0) is 57.8 Å². The van der Waals surface area contributed by atoms with E-state index in [1.165, 1.54) is 70.6 Å². The highest BCUT2D eigenvalue weighted by Gasteiger charge is 2.28. The third-order valence-corrected chi connectivity index (χ3v) is 10.8. The van der Waals surface area contributed by atoms with Gasteiger partial charge in [0.25, 0.3) is 0 Å². The standard InChI is InChI=1S/C46H82O13P2/c1-3-5-7-9-11-13-15-17-19-20-21-22-24-26-28-30-32-34-36-38-46(49)59-44(42-58-61(53,54)57-40-43(47)39-56-60(50,51)52)41-55-45(48)37-35-33-31-29-27-25-23-18-16-14-12-10-8-6-4-2/h5,7,11,13,17,19,21-22,26,28,43-44,47H,3-4,6,8-10,12,14-16,18,20,23-25,27,29-42H2,1-2H3,(H,53,54)(H2,50,51,52)/b7-5-,13-11-,19-17-,22-21-,28-26-/t43-,44+/m0/s1. The molecule has 0 amide bonds. The molecule has 61 heavy (non-hydrogen) atoms. The lowest BCUT2D eigenvalue weighted by molar-refractivity contribution is -0.161. The van der Waals surface area contributed by atoms with Crippen LogP contribution in [0.4, 0.5) is 0 Å². The largest absolute Gasteiger partial charge is 0.472 e. The Balaban J connectivity index is 4.55. The maximum atomic E-state index is 12.7. The van der Waals surface area contributed by atoms with Crippen LogP contribution in [0.2, 0.25) is 0 Å². The first-order chi connectivity index (χ1) is 29.4. The van der Waals surface area contributed by atoms with Crippen LogP contribution in [0.3, 0.4) is 0 Å². The number of carbonyl (C=O) groups excluding carboxylic acids is 2. The van der Waals surface area contributed by atoms with Gasteiger partial charge >= 0.3 is 27.6 Å². The van der Waals surface area contributed by atoms with Crippen molar-refractivity contribution in [3.8, 4) is 0 Å². The molecule has 0 saturated heterocycles. The topological polar surface area (TPSA) is 195 Å². The van der Waals surface area contributed by atoms with Crippen molar-refractivity contribution >= 4 is 27.6 Å². The van der Waals surface area contributed by atoms with Crippen molar-refractivity contribution in [2.24, 2.45) is 0 Å². The van der Waals surface area contributed by atoms with E-state index >= 15 is 0 Å². The summed E-state index contributed by atoms with van der Waals surface area (Å²) in [5.41, 5.74) is 0. The minimum absolute atomic E-state index is 0.0916. The zero-order valence-corrected chi connectivity index (χ0v) is 39.3. The molecule has 15 heteroatoms. The number of aliphatic hydroxyl groups is 1. The summed E-state index contributed by atoms with van der Waals surface area (Å²) in [4.78, 5) is 52.8. The van der Waals surface area contributed by atoms with Crippen LogP contribution in [-0.2, 0) is 41.8 Å². The van der Waals surface area contributed by atoms with Crippen LogP contribution in [-0.4, -0.2) is 70.4 Å². The van der Waals surface area contributed by atoms with E-state index in [9.17, 15) is 28.7 Å². The molecule has 0 spiro atoms. The van der Waals surface area contributed by atoms with Gasteiger partial charge in [-0.2, -0.15) is 0 Å². The van der Waals surface area contributed by atoms with E-state index < -0.39 is 66.2 Å². The van der Waals surface area contributed by atoms with Gasteiger partial charge in [0.15, 0.2) is 6.10 Å². The third-order valence-electron chi connectivity index (χ3n) is 9.41. The smallest absolute Gasteiger partial charge is 0.462 e. The normalized spacial score (nSPS) is 14.5. The highest BCUT2D eigenvalue weighted by atomic mass is 31.2. The summed E-state index contributed by atoms with van der Waals surface area (Å²) >= 11 is 0. The predicted octanol–water partition coefficient (Wildman–Crippen LogP) is 12.0. The van der Waals surface area contributed by atoms with Gasteiger partial charge in [-0.25, -0.2) is 9.13 Å². The molecule has 1 unspecified atom stereocenters. The number of rotatable bonds is 43. The minimum atomic E-state index is -4.87. The predicted molar refractivity (Wildman–Crippen MR) is 244 cm³/mol. The zero-order valence-electron chi connectivity index (χ0n) is 37.5. The van der Waals surface area contributed by atoms with E-state index in [-0.39, 0.29) is 12.8 Å². The Morgan fingerprint density at radius 1 is 0.492 bits per heavy atom. The molecule has 4 N–H and O–H groups in total. The number of phosphoric ester groups is 2. The monoisotopic (exact) mass is 905 g/mol. The molecule has 0 rings (SSSR count). The van der Waals surface area contributed by atoms with Gasteiger partial charge in [-0.15, -0.1) is 0 Å². The van der Waals surface area contributed by atoms with E-state index in [0.717, 1.165) is 70.6 Å². The molecule has 13 nitrogen and oxygen atoms in total. The fourth-order valence-corrected chi connectivity index (χ4v) is 7.12. The summed E-state index contributed by atoms with van der Waals surface area (Å²) in [6, 6.07) is 0. The molecule has 0 aliphatic heterocycles. The van der Waals surface area contributed by atoms with Crippen LogP contribution in [0.25, 0.3) is 0 Å². The molecule has 0 aliphatic carbocycles. The Morgan fingerprint density at radius 2 is 0.902 bits per heavy atom. The van der Waals surface area contributed by atoms with Gasteiger partial charge in [0.05, 0.1) is 19.8 Å². The van der Waals surface area contributed by atoms with Crippen LogP contribution in [0.5, 0.6) is 0 Å². The second-order valence-corrected chi connectivity index (χ2v) is 18.0. The fourth-order valence-electron chi connectivity index (χ4n) is 5.96. The number of unbranched alkanes of at least 4 members (excludes halogenated alkanes) is 17. The van der Waals surface area contributed by atoms with Gasteiger partial charge in [-0.3, -0.25) is 23.2 Å². The Morgan fingerprint density at radius 3 is 1.39 bits per heavy atom. The second kappa shape index (κ2) is 41.8. The SMILES string of the molecule is CC/C=C\C/C=C\C/C=C\C/C=C\C/C=C\CCCCCC(=O)O[C@H](COC(=O)CCCCCCCCCCCCCCCCC)COP(=O)(O)OC[C@@H](O)COP(=O)(O)O. The highest BCUT2D eigenvalue weighted by Crippen LogP contribution is 2.43. The van der Waals surface area contributed by atoms with Crippen molar-refractivity contribution in [2.75, 3.05) is 26.4 Å². The van der Waals surface area contributed by atoms with E-state index in [2.05, 4.69) is 83.7 Å². The molecule has 0 saturated carbocycles. The Kier molecular flexibility index (Phi) is 40.3. The summed E-state index contributed by atoms with van der Waals surface area (Å²) in [5, 5.41) is 9.76. The van der Waals surface area contributed by atoms with Crippen molar-refractivity contribution in [3.05, 3.63) is 60.8 Å². The molecule has 0 aromatic carbocycles. The number of allylic oxidation sites excluding steroid dienone is 10. The molecule has 0 fully saturated rings. The number of hydrogen-bond donors (Lipinski definition) is 4. The van der Waals surface area contributed by atoms with Crippen molar-refractivity contribution in [2.45, 2.75) is 193 Å².